The molecule has 1 atom stereocenters. The third kappa shape index (κ3) is 4.06. The SMILES string of the molecule is Cc1cc(-c2nn(C)c(Cl)c2CN2CCC[C@@](O)(CN(C)C)C2)no1. The van der Waals surface area contributed by atoms with Gasteiger partial charge < -0.3 is 14.5 Å². The van der Waals surface area contributed by atoms with Gasteiger partial charge in [-0.05, 0) is 40.4 Å². The zero-order valence-electron chi connectivity index (χ0n) is 15.3. The normalized spacial score (nSPS) is 22.0. The lowest BCUT2D eigenvalue weighted by molar-refractivity contribution is -0.0479. The summed E-state index contributed by atoms with van der Waals surface area (Å²) in [6, 6.07) is 1.86. The van der Waals surface area contributed by atoms with Gasteiger partial charge >= 0.3 is 0 Å². The number of hydrogen-bond donors (Lipinski definition) is 1. The number of rotatable bonds is 5. The van der Waals surface area contributed by atoms with Crippen molar-refractivity contribution in [1.29, 1.82) is 0 Å². The van der Waals surface area contributed by atoms with Crippen molar-refractivity contribution in [3.8, 4) is 11.4 Å². The average molecular weight is 368 g/mol. The van der Waals surface area contributed by atoms with Gasteiger partial charge in [0, 0.05) is 38.3 Å². The number of aliphatic hydroxyl groups is 1. The van der Waals surface area contributed by atoms with E-state index in [-0.39, 0.29) is 0 Å². The molecule has 0 bridgehead atoms. The predicted octanol–water partition coefficient (Wildman–Crippen LogP) is 1.93. The third-order valence-corrected chi connectivity index (χ3v) is 5.04. The molecular weight excluding hydrogens is 342 g/mol. The van der Waals surface area contributed by atoms with Crippen LogP contribution < -0.4 is 0 Å². The van der Waals surface area contributed by atoms with Crippen molar-refractivity contribution in [2.75, 3.05) is 33.7 Å². The summed E-state index contributed by atoms with van der Waals surface area (Å²) in [6.07, 6.45) is 1.78. The van der Waals surface area contributed by atoms with Crippen LogP contribution in [-0.4, -0.2) is 69.2 Å². The van der Waals surface area contributed by atoms with Gasteiger partial charge in [0.15, 0.2) is 0 Å². The third-order valence-electron chi connectivity index (χ3n) is 4.57. The van der Waals surface area contributed by atoms with E-state index in [9.17, 15) is 5.11 Å². The Kier molecular flexibility index (Phi) is 5.20. The molecule has 2 aromatic heterocycles. The smallest absolute Gasteiger partial charge is 0.134 e. The van der Waals surface area contributed by atoms with E-state index in [1.165, 1.54) is 0 Å². The number of aromatic nitrogens is 3. The molecule has 0 aliphatic carbocycles. The number of hydrogen-bond acceptors (Lipinski definition) is 6. The first-order chi connectivity index (χ1) is 11.8. The van der Waals surface area contributed by atoms with Crippen molar-refractivity contribution < 1.29 is 9.63 Å². The highest BCUT2D eigenvalue weighted by Gasteiger charge is 2.34. The topological polar surface area (TPSA) is 70.6 Å². The van der Waals surface area contributed by atoms with E-state index >= 15 is 0 Å². The molecule has 0 amide bonds. The van der Waals surface area contributed by atoms with E-state index in [0.717, 1.165) is 36.4 Å². The van der Waals surface area contributed by atoms with Gasteiger partial charge in [-0.2, -0.15) is 5.10 Å². The maximum atomic E-state index is 10.9. The quantitative estimate of drug-likeness (QED) is 0.870. The fraction of sp³-hybridized carbons (Fsp3) is 0.647. The van der Waals surface area contributed by atoms with Crippen molar-refractivity contribution in [2.24, 2.45) is 7.05 Å². The fourth-order valence-electron chi connectivity index (χ4n) is 3.65. The molecule has 1 fully saturated rings. The molecular formula is C17H26ClN5O2. The molecule has 1 aliphatic heterocycles. The van der Waals surface area contributed by atoms with E-state index in [2.05, 4.69) is 15.2 Å². The first-order valence-electron chi connectivity index (χ1n) is 8.52. The molecule has 1 aliphatic rings. The summed E-state index contributed by atoms with van der Waals surface area (Å²) >= 11 is 6.49. The Bertz CT molecular complexity index is 741. The van der Waals surface area contributed by atoms with Crippen LogP contribution in [0, 0.1) is 6.92 Å². The summed E-state index contributed by atoms with van der Waals surface area (Å²) in [6.45, 7) is 4.68. The van der Waals surface area contributed by atoms with Crippen LogP contribution in [0.3, 0.4) is 0 Å². The van der Waals surface area contributed by atoms with Crippen LogP contribution >= 0.6 is 11.6 Å². The second kappa shape index (κ2) is 7.07. The molecule has 7 nitrogen and oxygen atoms in total. The Morgan fingerprint density at radius 3 is 2.84 bits per heavy atom. The van der Waals surface area contributed by atoms with Gasteiger partial charge in [0.1, 0.15) is 22.3 Å². The van der Waals surface area contributed by atoms with Gasteiger partial charge in [-0.25, -0.2) is 0 Å². The van der Waals surface area contributed by atoms with Crippen LogP contribution in [0.4, 0.5) is 0 Å². The van der Waals surface area contributed by atoms with E-state index in [0.29, 0.717) is 30.5 Å². The number of aryl methyl sites for hydroxylation is 2. The second-order valence-electron chi connectivity index (χ2n) is 7.34. The Morgan fingerprint density at radius 1 is 1.44 bits per heavy atom. The van der Waals surface area contributed by atoms with Gasteiger partial charge in [0.25, 0.3) is 0 Å². The van der Waals surface area contributed by atoms with Crippen LogP contribution in [-0.2, 0) is 13.6 Å². The van der Waals surface area contributed by atoms with Gasteiger partial charge in [0.2, 0.25) is 0 Å². The molecule has 25 heavy (non-hydrogen) atoms. The van der Waals surface area contributed by atoms with Crippen LogP contribution in [0.5, 0.6) is 0 Å². The molecule has 0 spiro atoms. The van der Waals surface area contributed by atoms with E-state index in [1.54, 1.807) is 4.68 Å². The minimum atomic E-state index is -0.693. The molecule has 0 saturated carbocycles. The number of piperidine rings is 1. The van der Waals surface area contributed by atoms with Gasteiger partial charge in [0.05, 0.1) is 5.60 Å². The van der Waals surface area contributed by atoms with E-state index in [1.807, 2.05) is 39.0 Å². The fourth-order valence-corrected chi connectivity index (χ4v) is 3.84. The van der Waals surface area contributed by atoms with Crippen molar-refractivity contribution >= 4 is 11.6 Å². The summed E-state index contributed by atoms with van der Waals surface area (Å²) in [4.78, 5) is 4.27. The summed E-state index contributed by atoms with van der Waals surface area (Å²) in [5, 5.41) is 20.1. The molecule has 138 valence electrons. The molecule has 3 rings (SSSR count). The Labute approximate surface area is 153 Å². The summed E-state index contributed by atoms with van der Waals surface area (Å²) in [5.41, 5.74) is 1.66. The van der Waals surface area contributed by atoms with Gasteiger partial charge in [-0.1, -0.05) is 16.8 Å². The minimum absolute atomic E-state index is 0.595. The number of nitrogens with zero attached hydrogens (tertiary/aromatic N) is 5. The molecule has 0 unspecified atom stereocenters. The van der Waals surface area contributed by atoms with Crippen molar-refractivity contribution in [3.05, 3.63) is 22.5 Å². The summed E-state index contributed by atoms with van der Waals surface area (Å²) < 4.78 is 6.85. The van der Waals surface area contributed by atoms with Crippen molar-refractivity contribution in [2.45, 2.75) is 31.9 Å². The van der Waals surface area contributed by atoms with Gasteiger partial charge in [-0.3, -0.25) is 9.58 Å². The zero-order chi connectivity index (χ0) is 18.2. The minimum Gasteiger partial charge on any atom is -0.387 e. The molecule has 1 saturated heterocycles. The highest BCUT2D eigenvalue weighted by atomic mass is 35.5. The van der Waals surface area contributed by atoms with Gasteiger partial charge in [-0.15, -0.1) is 0 Å². The van der Waals surface area contributed by atoms with Crippen LogP contribution in [0.1, 0.15) is 24.2 Å². The standard InChI is InChI=1S/C17H26ClN5O2/c1-12-8-14(20-25-12)15-13(16(18)22(4)19-15)9-23-7-5-6-17(24,11-23)10-21(2)3/h8,24H,5-7,9-11H2,1-4H3/t17-/m1/s1. The Morgan fingerprint density at radius 2 is 2.20 bits per heavy atom. The Hall–Kier alpha value is -1.41. The molecule has 1 N–H and O–H groups in total. The first kappa shape index (κ1) is 18.4. The summed E-state index contributed by atoms with van der Waals surface area (Å²) in [5.74, 6) is 0.737. The van der Waals surface area contributed by atoms with E-state index < -0.39 is 5.60 Å². The number of halogens is 1. The summed E-state index contributed by atoms with van der Waals surface area (Å²) in [7, 11) is 5.79. The lowest BCUT2D eigenvalue weighted by Crippen LogP contribution is -2.52. The number of β-amino-alcohol motifs (C(OH)–C–C–N with tert-alkyl or cyclic N) is 1. The van der Waals surface area contributed by atoms with Crippen molar-refractivity contribution in [1.82, 2.24) is 24.7 Å². The molecule has 0 aromatic carbocycles. The average Bonchev–Trinajstić information content (AvgIpc) is 3.05. The maximum Gasteiger partial charge on any atom is 0.134 e. The second-order valence-corrected chi connectivity index (χ2v) is 7.70. The largest absolute Gasteiger partial charge is 0.387 e. The first-order valence-corrected chi connectivity index (χ1v) is 8.90. The molecule has 2 aromatic rings. The van der Waals surface area contributed by atoms with Crippen LogP contribution in [0.15, 0.2) is 10.6 Å². The molecule has 0 radical (unpaired) electrons. The lowest BCUT2D eigenvalue weighted by atomic mass is 9.92. The predicted molar refractivity (Wildman–Crippen MR) is 96.5 cm³/mol. The zero-order valence-corrected chi connectivity index (χ0v) is 16.0. The number of likely N-dealkylation sites (N-methyl/N-ethyl adjacent to an activating group) is 1. The van der Waals surface area contributed by atoms with Crippen LogP contribution in [0.2, 0.25) is 5.15 Å². The molecule has 8 heteroatoms. The lowest BCUT2D eigenvalue weighted by Gasteiger charge is -2.40. The highest BCUT2D eigenvalue weighted by molar-refractivity contribution is 6.30. The van der Waals surface area contributed by atoms with Crippen molar-refractivity contribution in [3.63, 3.8) is 0 Å². The monoisotopic (exact) mass is 367 g/mol. The van der Waals surface area contributed by atoms with Crippen LogP contribution in [0.25, 0.3) is 11.4 Å². The molecule has 3 heterocycles. The van der Waals surface area contributed by atoms with E-state index in [4.69, 9.17) is 16.1 Å². The maximum absolute atomic E-state index is 10.9. The highest BCUT2D eigenvalue weighted by Crippen LogP contribution is 2.31. The Balaban J connectivity index is 1.83. The number of likely N-dealkylation sites (tertiary alicyclic amines) is 1.